The highest BCUT2D eigenvalue weighted by atomic mass is 19.1. The number of alkyl halides is 1. The Kier molecular flexibility index (Phi) is 4.02. The van der Waals surface area contributed by atoms with Gasteiger partial charge >= 0.3 is 0 Å². The first-order valence-corrected chi connectivity index (χ1v) is 9.67. The van der Waals surface area contributed by atoms with Crippen LogP contribution in [0.5, 0.6) is 0 Å². The molecular weight excluding hydrogens is 363 g/mol. The molecule has 2 N–H and O–H groups in total. The number of halogens is 1. The van der Waals surface area contributed by atoms with E-state index in [4.69, 9.17) is 0 Å². The lowest BCUT2D eigenvalue weighted by Gasteiger charge is -2.57. The van der Waals surface area contributed by atoms with Crippen LogP contribution < -0.4 is 0 Å². The first kappa shape index (κ1) is 19.4. The molecule has 0 spiro atoms. The summed E-state index contributed by atoms with van der Waals surface area (Å²) in [4.78, 5) is 37.6. The Hall–Kier alpha value is -1.92. The number of rotatable bonds is 2. The van der Waals surface area contributed by atoms with Gasteiger partial charge in [-0.25, -0.2) is 4.39 Å². The Balaban J connectivity index is 1.83. The van der Waals surface area contributed by atoms with Crippen LogP contribution in [0.1, 0.15) is 33.1 Å². The lowest BCUT2D eigenvalue weighted by Crippen LogP contribution is -2.61. The van der Waals surface area contributed by atoms with E-state index in [-0.39, 0.29) is 35.9 Å². The SMILES string of the molecule is C=C1C[C@H]2[C@@H]3C[C@H](F)C4=CC(=O)C=C[C@]4(C)[C@H]3C(=O)C[C@]2(C)[C@@]1(O)C(=O)CO. The zero-order chi connectivity index (χ0) is 20.6. The van der Waals surface area contributed by atoms with E-state index >= 15 is 4.39 Å². The lowest BCUT2D eigenvalue weighted by atomic mass is 9.46. The van der Waals surface area contributed by atoms with Gasteiger partial charge in [0.1, 0.15) is 18.6 Å². The summed E-state index contributed by atoms with van der Waals surface area (Å²) in [5.41, 5.74) is -3.39. The fourth-order valence-corrected chi connectivity index (χ4v) is 6.63. The van der Waals surface area contributed by atoms with E-state index in [0.717, 1.165) is 0 Å². The third kappa shape index (κ3) is 2.10. The molecule has 4 aliphatic rings. The second-order valence-electron chi connectivity index (χ2n) is 9.23. The van der Waals surface area contributed by atoms with E-state index < -0.39 is 46.8 Å². The van der Waals surface area contributed by atoms with Crippen molar-refractivity contribution in [3.8, 4) is 0 Å². The van der Waals surface area contributed by atoms with Crippen LogP contribution in [0.4, 0.5) is 4.39 Å². The van der Waals surface area contributed by atoms with E-state index in [9.17, 15) is 24.6 Å². The lowest BCUT2D eigenvalue weighted by molar-refractivity contribution is -0.166. The topological polar surface area (TPSA) is 91.7 Å². The van der Waals surface area contributed by atoms with Crippen molar-refractivity contribution in [2.45, 2.75) is 44.9 Å². The number of carbonyl (C=O) groups is 3. The number of fused-ring (bicyclic) bond motifs is 5. The zero-order valence-electron chi connectivity index (χ0n) is 16.1. The predicted molar refractivity (Wildman–Crippen MR) is 98.9 cm³/mol. The van der Waals surface area contributed by atoms with Crippen molar-refractivity contribution in [1.82, 2.24) is 0 Å². The van der Waals surface area contributed by atoms with Gasteiger partial charge in [0.2, 0.25) is 0 Å². The minimum atomic E-state index is -1.99. The van der Waals surface area contributed by atoms with Gasteiger partial charge in [0.25, 0.3) is 0 Å². The highest BCUT2D eigenvalue weighted by Gasteiger charge is 2.70. The highest BCUT2D eigenvalue weighted by molar-refractivity contribution is 6.02. The largest absolute Gasteiger partial charge is 0.388 e. The summed E-state index contributed by atoms with van der Waals surface area (Å²) in [6, 6.07) is 0. The molecule has 3 fully saturated rings. The molecule has 3 saturated carbocycles. The van der Waals surface area contributed by atoms with Gasteiger partial charge < -0.3 is 10.2 Å². The maximum absolute atomic E-state index is 15.2. The minimum Gasteiger partial charge on any atom is -0.388 e. The number of Topliss-reactive ketones (excluding diaryl/α,β-unsaturated/α-hetero) is 2. The summed E-state index contributed by atoms with van der Waals surface area (Å²) in [5, 5.41) is 20.7. The van der Waals surface area contributed by atoms with Gasteiger partial charge in [-0.05, 0) is 48.0 Å². The van der Waals surface area contributed by atoms with Crippen LogP contribution in [0.2, 0.25) is 0 Å². The fourth-order valence-electron chi connectivity index (χ4n) is 6.63. The standard InChI is InChI=1S/C22H25FO5/c1-11-6-14-13-8-16(23)15-7-12(25)4-5-20(15,2)19(13)17(26)9-21(14,3)22(11,28)18(27)10-24/h4-5,7,13-14,16,19,24,28H,1,6,8-10H2,2-3H3/t13-,14-,16-,19+,20-,21-,22-/m0/s1. The number of aliphatic hydroxyl groups excluding tert-OH is 1. The number of hydrogen-bond donors (Lipinski definition) is 2. The monoisotopic (exact) mass is 388 g/mol. The molecule has 0 radical (unpaired) electrons. The first-order valence-electron chi connectivity index (χ1n) is 9.67. The minimum absolute atomic E-state index is 0.0539. The Morgan fingerprint density at radius 1 is 1.36 bits per heavy atom. The van der Waals surface area contributed by atoms with Crippen molar-refractivity contribution in [3.05, 3.63) is 36.0 Å². The molecule has 0 aliphatic heterocycles. The van der Waals surface area contributed by atoms with E-state index in [1.807, 2.05) is 0 Å². The quantitative estimate of drug-likeness (QED) is 0.705. The number of allylic oxidation sites excluding steroid dienone is 4. The Morgan fingerprint density at radius 3 is 2.68 bits per heavy atom. The molecule has 7 atom stereocenters. The van der Waals surface area contributed by atoms with Gasteiger partial charge in [0.05, 0.1) is 0 Å². The van der Waals surface area contributed by atoms with Crippen molar-refractivity contribution in [2.24, 2.45) is 28.6 Å². The molecule has 0 aromatic carbocycles. The number of ketones is 3. The maximum atomic E-state index is 15.2. The molecule has 0 aromatic heterocycles. The van der Waals surface area contributed by atoms with Crippen LogP contribution in [0.3, 0.4) is 0 Å². The molecule has 4 aliphatic carbocycles. The highest BCUT2D eigenvalue weighted by Crippen LogP contribution is 2.67. The predicted octanol–water partition coefficient (Wildman–Crippen LogP) is 1.88. The molecule has 28 heavy (non-hydrogen) atoms. The summed E-state index contributed by atoms with van der Waals surface area (Å²) in [5.74, 6) is -2.42. The molecular formula is C22H25FO5. The second-order valence-corrected chi connectivity index (χ2v) is 9.23. The van der Waals surface area contributed by atoms with E-state index in [1.54, 1.807) is 19.9 Å². The summed E-state index contributed by atoms with van der Waals surface area (Å²) in [6.45, 7) is 6.50. The van der Waals surface area contributed by atoms with Crippen LogP contribution in [0, 0.1) is 28.6 Å². The molecule has 0 aromatic rings. The molecule has 0 saturated heterocycles. The van der Waals surface area contributed by atoms with Crippen molar-refractivity contribution in [2.75, 3.05) is 6.61 Å². The van der Waals surface area contributed by atoms with Crippen molar-refractivity contribution in [1.29, 1.82) is 0 Å². The fraction of sp³-hybridized carbons (Fsp3) is 0.591. The third-order valence-electron chi connectivity index (χ3n) is 7.98. The molecule has 4 rings (SSSR count). The van der Waals surface area contributed by atoms with Gasteiger partial charge in [-0.1, -0.05) is 26.5 Å². The van der Waals surface area contributed by atoms with Crippen molar-refractivity contribution >= 4 is 17.3 Å². The van der Waals surface area contributed by atoms with Gasteiger partial charge in [-0.15, -0.1) is 0 Å². The van der Waals surface area contributed by atoms with Gasteiger partial charge in [0, 0.05) is 23.2 Å². The normalized spacial score (nSPS) is 47.3. The number of aliphatic hydroxyl groups is 2. The van der Waals surface area contributed by atoms with E-state index in [0.29, 0.717) is 12.0 Å². The summed E-state index contributed by atoms with van der Waals surface area (Å²) < 4.78 is 15.2. The molecule has 0 bridgehead atoms. The Labute approximate surface area is 163 Å². The van der Waals surface area contributed by atoms with Crippen LogP contribution in [-0.4, -0.2) is 45.9 Å². The Morgan fingerprint density at radius 2 is 2.04 bits per heavy atom. The van der Waals surface area contributed by atoms with Crippen LogP contribution in [0.25, 0.3) is 0 Å². The molecule has 150 valence electrons. The van der Waals surface area contributed by atoms with Gasteiger partial charge in [0.15, 0.2) is 17.2 Å². The van der Waals surface area contributed by atoms with Gasteiger partial charge in [-0.3, -0.25) is 14.4 Å². The van der Waals surface area contributed by atoms with Crippen molar-refractivity contribution < 1.29 is 29.0 Å². The van der Waals surface area contributed by atoms with Crippen LogP contribution >= 0.6 is 0 Å². The smallest absolute Gasteiger partial charge is 0.194 e. The Bertz CT molecular complexity index is 872. The zero-order valence-corrected chi connectivity index (χ0v) is 16.1. The second kappa shape index (κ2) is 5.80. The van der Waals surface area contributed by atoms with E-state index in [1.165, 1.54) is 12.2 Å². The molecule has 0 heterocycles. The summed E-state index contributed by atoms with van der Waals surface area (Å²) in [6.07, 6.45) is 3.28. The average Bonchev–Trinajstić information content (AvgIpc) is 2.83. The molecule has 5 nitrogen and oxygen atoms in total. The third-order valence-corrected chi connectivity index (χ3v) is 7.98. The van der Waals surface area contributed by atoms with Crippen LogP contribution in [0.15, 0.2) is 36.0 Å². The number of carbonyl (C=O) groups excluding carboxylic acids is 3. The molecule has 6 heteroatoms. The maximum Gasteiger partial charge on any atom is 0.194 e. The first-order chi connectivity index (χ1) is 13.0. The van der Waals surface area contributed by atoms with E-state index in [2.05, 4.69) is 6.58 Å². The van der Waals surface area contributed by atoms with Gasteiger partial charge in [-0.2, -0.15) is 0 Å². The van der Waals surface area contributed by atoms with Crippen LogP contribution in [-0.2, 0) is 14.4 Å². The summed E-state index contributed by atoms with van der Waals surface area (Å²) in [7, 11) is 0. The molecule has 0 amide bonds. The van der Waals surface area contributed by atoms with Crippen molar-refractivity contribution in [3.63, 3.8) is 0 Å². The average molecular weight is 388 g/mol. The summed E-state index contributed by atoms with van der Waals surface area (Å²) >= 11 is 0. The molecule has 0 unspecified atom stereocenters. The number of hydrogen-bond acceptors (Lipinski definition) is 5.